The Morgan fingerprint density at radius 3 is 2.83 bits per heavy atom. The molecular formula is C21H22N4O2S2. The van der Waals surface area contributed by atoms with Crippen LogP contribution in [0.5, 0.6) is 5.75 Å². The van der Waals surface area contributed by atoms with Gasteiger partial charge in [0.05, 0.1) is 12.4 Å². The van der Waals surface area contributed by atoms with Gasteiger partial charge in [0.25, 0.3) is 0 Å². The number of aromatic nitrogens is 2. The molecule has 1 atom stereocenters. The Hall–Kier alpha value is -2.58. The molecule has 0 spiro atoms. The van der Waals surface area contributed by atoms with Crippen LogP contribution in [0.25, 0.3) is 0 Å². The van der Waals surface area contributed by atoms with Gasteiger partial charge in [-0.1, -0.05) is 41.3 Å². The minimum absolute atomic E-state index is 0.101. The van der Waals surface area contributed by atoms with Crippen LogP contribution in [0.4, 0.5) is 16.5 Å². The van der Waals surface area contributed by atoms with Gasteiger partial charge >= 0.3 is 0 Å². The van der Waals surface area contributed by atoms with Gasteiger partial charge in [0.15, 0.2) is 4.34 Å². The number of carbonyl (C=O) groups excluding carboxylic acids is 1. The Kier molecular flexibility index (Phi) is 6.01. The Morgan fingerprint density at radius 1 is 1.24 bits per heavy atom. The molecule has 150 valence electrons. The minimum atomic E-state index is 0.101. The molecule has 2 aromatic carbocycles. The standard InChI is InChI=1S/C21H22N4O2S2/c1-3-27-17-10-8-16(9-11-17)22-20-23-24-21(29-20)28-13-19(26)25-14(2)12-15-6-4-5-7-18(15)25/h4-11,14H,3,12-13H2,1-2H3,(H,22,23)/t14-/m1/s1. The van der Waals surface area contributed by atoms with Crippen LogP contribution in [-0.4, -0.2) is 34.5 Å². The molecule has 0 aliphatic carbocycles. The Labute approximate surface area is 178 Å². The predicted molar refractivity (Wildman–Crippen MR) is 119 cm³/mol. The lowest BCUT2D eigenvalue weighted by atomic mass is 10.1. The van der Waals surface area contributed by atoms with E-state index in [-0.39, 0.29) is 11.9 Å². The van der Waals surface area contributed by atoms with Crippen molar-refractivity contribution in [3.05, 3.63) is 54.1 Å². The van der Waals surface area contributed by atoms with E-state index in [9.17, 15) is 4.79 Å². The van der Waals surface area contributed by atoms with E-state index in [0.717, 1.165) is 27.9 Å². The summed E-state index contributed by atoms with van der Waals surface area (Å²) < 4.78 is 6.22. The molecule has 0 unspecified atom stereocenters. The van der Waals surface area contributed by atoms with E-state index in [1.807, 2.05) is 54.3 Å². The average Bonchev–Trinajstić information content (AvgIpc) is 3.31. The number of nitrogens with zero attached hydrogens (tertiary/aromatic N) is 3. The summed E-state index contributed by atoms with van der Waals surface area (Å²) in [6, 6.07) is 16.0. The molecule has 0 saturated heterocycles. The molecule has 1 aliphatic heterocycles. The minimum Gasteiger partial charge on any atom is -0.494 e. The highest BCUT2D eigenvalue weighted by Gasteiger charge is 2.30. The molecule has 0 fully saturated rings. The molecule has 0 radical (unpaired) electrons. The molecule has 8 heteroatoms. The van der Waals surface area contributed by atoms with Gasteiger partial charge in [-0.05, 0) is 56.2 Å². The molecule has 1 aliphatic rings. The van der Waals surface area contributed by atoms with Crippen molar-refractivity contribution in [1.29, 1.82) is 0 Å². The number of rotatable bonds is 7. The van der Waals surface area contributed by atoms with Crippen LogP contribution in [0, 0.1) is 0 Å². The van der Waals surface area contributed by atoms with E-state index < -0.39 is 0 Å². The Balaban J connectivity index is 1.34. The fraction of sp³-hybridized carbons (Fsp3) is 0.286. The summed E-state index contributed by atoms with van der Waals surface area (Å²) in [5.74, 6) is 1.28. The lowest BCUT2D eigenvalue weighted by Crippen LogP contribution is -2.36. The van der Waals surface area contributed by atoms with Gasteiger partial charge in [-0.25, -0.2) is 0 Å². The lowest BCUT2D eigenvalue weighted by Gasteiger charge is -2.22. The molecule has 29 heavy (non-hydrogen) atoms. The summed E-state index contributed by atoms with van der Waals surface area (Å²) in [6.45, 7) is 4.69. The van der Waals surface area contributed by atoms with Crippen LogP contribution in [0.15, 0.2) is 52.9 Å². The van der Waals surface area contributed by atoms with Gasteiger partial charge in [-0.2, -0.15) is 0 Å². The van der Waals surface area contributed by atoms with Crippen molar-refractivity contribution in [3.8, 4) is 5.75 Å². The van der Waals surface area contributed by atoms with Crippen LogP contribution in [0.1, 0.15) is 19.4 Å². The first kappa shape index (κ1) is 19.7. The van der Waals surface area contributed by atoms with E-state index in [0.29, 0.717) is 17.5 Å². The van der Waals surface area contributed by atoms with Crippen molar-refractivity contribution < 1.29 is 9.53 Å². The maximum Gasteiger partial charge on any atom is 0.237 e. The first-order valence-corrected chi connectivity index (χ1v) is 11.3. The number of nitrogens with one attached hydrogen (secondary N) is 1. The zero-order chi connectivity index (χ0) is 20.2. The second-order valence-corrected chi connectivity index (χ2v) is 8.89. The molecule has 2 heterocycles. The highest BCUT2D eigenvalue weighted by molar-refractivity contribution is 8.01. The zero-order valence-corrected chi connectivity index (χ0v) is 17.9. The van der Waals surface area contributed by atoms with E-state index >= 15 is 0 Å². The van der Waals surface area contributed by atoms with Crippen LogP contribution in [-0.2, 0) is 11.2 Å². The molecule has 0 bridgehead atoms. The van der Waals surface area contributed by atoms with Crippen LogP contribution in [0.3, 0.4) is 0 Å². The first-order chi connectivity index (χ1) is 14.1. The third-order valence-electron chi connectivity index (χ3n) is 4.62. The quantitative estimate of drug-likeness (QED) is 0.550. The van der Waals surface area contributed by atoms with Crippen molar-refractivity contribution in [2.24, 2.45) is 0 Å². The van der Waals surface area contributed by atoms with Crippen molar-refractivity contribution in [2.75, 3.05) is 22.6 Å². The van der Waals surface area contributed by atoms with Gasteiger partial charge in [-0.3, -0.25) is 4.79 Å². The average molecular weight is 427 g/mol. The zero-order valence-electron chi connectivity index (χ0n) is 16.3. The normalized spacial score (nSPS) is 15.2. The predicted octanol–water partition coefficient (Wildman–Crippen LogP) is 4.75. The van der Waals surface area contributed by atoms with Gasteiger partial charge in [0.2, 0.25) is 11.0 Å². The number of anilines is 3. The highest BCUT2D eigenvalue weighted by Crippen LogP contribution is 2.34. The molecule has 4 rings (SSSR count). The summed E-state index contributed by atoms with van der Waals surface area (Å²) in [7, 11) is 0. The van der Waals surface area contributed by atoms with Gasteiger partial charge in [0.1, 0.15) is 5.75 Å². The molecule has 1 aromatic heterocycles. The monoisotopic (exact) mass is 426 g/mol. The van der Waals surface area contributed by atoms with Gasteiger partial charge in [-0.15, -0.1) is 10.2 Å². The number of amides is 1. The van der Waals surface area contributed by atoms with E-state index in [1.54, 1.807) is 0 Å². The SMILES string of the molecule is CCOc1ccc(Nc2nnc(SCC(=O)N3c4ccccc4C[C@H]3C)s2)cc1. The van der Waals surface area contributed by atoms with E-state index in [4.69, 9.17) is 4.74 Å². The number of para-hydroxylation sites is 1. The maximum absolute atomic E-state index is 12.8. The number of fused-ring (bicyclic) bond motifs is 1. The van der Waals surface area contributed by atoms with Crippen LogP contribution >= 0.6 is 23.1 Å². The van der Waals surface area contributed by atoms with Gasteiger partial charge < -0.3 is 15.0 Å². The first-order valence-electron chi connectivity index (χ1n) is 9.50. The van der Waals surface area contributed by atoms with Crippen molar-refractivity contribution >= 4 is 45.5 Å². The largest absolute Gasteiger partial charge is 0.494 e. The molecule has 0 saturated carbocycles. The fourth-order valence-electron chi connectivity index (χ4n) is 3.38. The third kappa shape index (κ3) is 4.54. The molecule has 1 N–H and O–H groups in total. The highest BCUT2D eigenvalue weighted by atomic mass is 32.2. The second-order valence-electron chi connectivity index (χ2n) is 6.69. The molecule has 6 nitrogen and oxygen atoms in total. The van der Waals surface area contributed by atoms with Crippen molar-refractivity contribution in [1.82, 2.24) is 10.2 Å². The van der Waals surface area contributed by atoms with E-state index in [2.05, 4.69) is 28.5 Å². The number of hydrogen-bond acceptors (Lipinski definition) is 7. The third-order valence-corrected chi connectivity index (χ3v) is 6.57. The van der Waals surface area contributed by atoms with E-state index in [1.165, 1.54) is 28.7 Å². The number of carbonyl (C=O) groups is 1. The van der Waals surface area contributed by atoms with Crippen molar-refractivity contribution in [2.45, 2.75) is 30.6 Å². The number of hydrogen-bond donors (Lipinski definition) is 1. The fourth-order valence-corrected chi connectivity index (χ4v) is 5.01. The van der Waals surface area contributed by atoms with Crippen molar-refractivity contribution in [3.63, 3.8) is 0 Å². The van der Waals surface area contributed by atoms with Crippen LogP contribution in [0.2, 0.25) is 0 Å². The number of ether oxygens (including phenoxy) is 1. The van der Waals surface area contributed by atoms with Crippen LogP contribution < -0.4 is 15.0 Å². The molecular weight excluding hydrogens is 404 g/mol. The van der Waals surface area contributed by atoms with Gasteiger partial charge in [0, 0.05) is 17.4 Å². The topological polar surface area (TPSA) is 67.3 Å². The summed E-state index contributed by atoms with van der Waals surface area (Å²) in [5.41, 5.74) is 3.18. The second kappa shape index (κ2) is 8.84. The Bertz CT molecular complexity index is 990. The summed E-state index contributed by atoms with van der Waals surface area (Å²) in [4.78, 5) is 14.7. The lowest BCUT2D eigenvalue weighted by molar-refractivity contribution is -0.116. The summed E-state index contributed by atoms with van der Waals surface area (Å²) >= 11 is 2.87. The summed E-state index contributed by atoms with van der Waals surface area (Å²) in [5, 5.41) is 12.3. The molecule has 3 aromatic rings. The smallest absolute Gasteiger partial charge is 0.237 e. The maximum atomic E-state index is 12.8. The Morgan fingerprint density at radius 2 is 2.03 bits per heavy atom. The molecule has 1 amide bonds. The number of benzene rings is 2. The number of thioether (sulfide) groups is 1. The summed E-state index contributed by atoms with van der Waals surface area (Å²) in [6.07, 6.45) is 0.904.